The first-order valence-corrected chi connectivity index (χ1v) is 32.7. The molecule has 0 amide bonds. The zero-order chi connectivity index (χ0) is 56.1. The molecule has 12 heteroatoms. The summed E-state index contributed by atoms with van der Waals surface area (Å²) in [5, 5.41) is 31.5. The number of hydrogen-bond acceptors (Lipinski definition) is 11. The van der Waals surface area contributed by atoms with Crippen LogP contribution in [0, 0.1) is 0 Å². The van der Waals surface area contributed by atoms with Crippen molar-refractivity contribution in [3.63, 3.8) is 0 Å². The second-order valence-electron chi connectivity index (χ2n) is 22.8. The van der Waals surface area contributed by atoms with Crippen LogP contribution in [0.15, 0.2) is 12.2 Å². The molecule has 1 aliphatic heterocycles. The third-order valence-corrected chi connectivity index (χ3v) is 15.3. The van der Waals surface area contributed by atoms with Gasteiger partial charge >= 0.3 is 23.9 Å². The average Bonchev–Trinajstić information content (AvgIpc) is 3.42. The van der Waals surface area contributed by atoms with Gasteiger partial charge in [-0.15, -0.1) is 0 Å². The van der Waals surface area contributed by atoms with Gasteiger partial charge in [0.1, 0.15) is 18.8 Å². The number of carbonyl (C=O) groups is 4. The highest BCUT2D eigenvalue weighted by Crippen LogP contribution is 2.27. The number of ether oxygens (including phenoxy) is 5. The quantitative estimate of drug-likeness (QED) is 0.0228. The van der Waals surface area contributed by atoms with Crippen molar-refractivity contribution in [1.29, 1.82) is 0 Å². The molecule has 1 rings (SSSR count). The number of carboxylic acids is 1. The lowest BCUT2D eigenvalue weighted by Gasteiger charge is -2.40. The molecule has 6 unspecified atom stereocenters. The molecule has 0 aliphatic carbocycles. The fraction of sp³-hybridized carbons (Fsp3) is 0.908. The van der Waals surface area contributed by atoms with Crippen molar-refractivity contribution >= 4 is 23.9 Å². The molecule has 1 fully saturated rings. The molecule has 0 aromatic rings. The van der Waals surface area contributed by atoms with Crippen molar-refractivity contribution in [2.75, 3.05) is 13.2 Å². The summed E-state index contributed by atoms with van der Waals surface area (Å²) in [6.07, 6.45) is 49.0. The number of aliphatic hydroxyl groups excluding tert-OH is 2. The number of carbonyl (C=O) groups excluding carboxylic acids is 3. The molecule has 0 bridgehead atoms. The first kappa shape index (κ1) is 72.5. The number of aliphatic hydroxyl groups is 2. The van der Waals surface area contributed by atoms with Crippen LogP contribution in [-0.2, 0) is 42.9 Å². The second kappa shape index (κ2) is 54.1. The highest BCUT2D eigenvalue weighted by molar-refractivity contribution is 5.74. The third-order valence-electron chi connectivity index (χ3n) is 15.3. The van der Waals surface area contributed by atoms with E-state index in [1.165, 1.54) is 193 Å². The Morgan fingerprint density at radius 1 is 0.416 bits per heavy atom. The molecule has 0 aromatic carbocycles. The molecule has 77 heavy (non-hydrogen) atoms. The fourth-order valence-corrected chi connectivity index (χ4v) is 10.3. The summed E-state index contributed by atoms with van der Waals surface area (Å²) in [5.74, 6) is -3.08. The molecule has 0 spiro atoms. The van der Waals surface area contributed by atoms with Crippen LogP contribution in [-0.4, -0.2) is 89.2 Å². The Balaban J connectivity index is 2.61. The molecule has 1 aliphatic rings. The second-order valence-corrected chi connectivity index (χ2v) is 22.8. The van der Waals surface area contributed by atoms with Crippen molar-refractivity contribution < 1.29 is 58.2 Å². The lowest BCUT2D eigenvalue weighted by Crippen LogP contribution is -2.61. The fourth-order valence-electron chi connectivity index (χ4n) is 10.3. The summed E-state index contributed by atoms with van der Waals surface area (Å²) in [6, 6.07) is 0. The molecule has 3 N–H and O–H groups in total. The summed E-state index contributed by atoms with van der Waals surface area (Å²) in [5.41, 5.74) is 0. The summed E-state index contributed by atoms with van der Waals surface area (Å²) < 4.78 is 28.5. The number of allylic oxidation sites excluding steroid dienone is 2. The SMILES string of the molecule is CCCC/C=C\CCCCCCCC(=O)OC1C(OCC(COC(=O)CCCCCCCCCCCCCCCCCCCCC)OC(=O)CCCCCCCCCCCCCCCCCCC)OC(C(=O)O)C(O)C1O. The number of rotatable bonds is 57. The van der Waals surface area contributed by atoms with Crippen molar-refractivity contribution in [1.82, 2.24) is 0 Å². The Hall–Kier alpha value is -2.54. The lowest BCUT2D eigenvalue weighted by atomic mass is 9.98. The van der Waals surface area contributed by atoms with Gasteiger partial charge in [0.15, 0.2) is 24.6 Å². The number of carboxylic acid groups (broad SMARTS) is 1. The van der Waals surface area contributed by atoms with Crippen LogP contribution in [0.25, 0.3) is 0 Å². The Labute approximate surface area is 471 Å². The van der Waals surface area contributed by atoms with Gasteiger partial charge in [0.05, 0.1) is 6.61 Å². The summed E-state index contributed by atoms with van der Waals surface area (Å²) in [7, 11) is 0. The average molecular weight is 1090 g/mol. The minimum atomic E-state index is -1.90. The van der Waals surface area contributed by atoms with Crippen LogP contribution in [0.1, 0.15) is 329 Å². The minimum Gasteiger partial charge on any atom is -0.479 e. The Morgan fingerprint density at radius 2 is 0.753 bits per heavy atom. The van der Waals surface area contributed by atoms with Crippen LogP contribution in [0.5, 0.6) is 0 Å². The standard InChI is InChI=1S/C65H120O12/c1-4-7-10-13-16-19-22-24-26-28-29-31-32-34-37-39-42-45-48-51-57(66)73-54-56(75-58(67)52-49-46-43-41-38-35-33-30-27-25-23-20-17-14-11-8-5-2)55-74-65-63(61(70)60(69)62(77-65)64(71)72)76-59(68)53-50-47-44-40-36-21-18-15-12-9-6-3/h15,18,56,60-63,65,69-70H,4-14,16-17,19-55H2,1-3H3,(H,71,72)/b18-15-. The number of hydrogen-bond donors (Lipinski definition) is 3. The highest BCUT2D eigenvalue weighted by Gasteiger charge is 2.50. The van der Waals surface area contributed by atoms with E-state index >= 15 is 0 Å². The van der Waals surface area contributed by atoms with Crippen LogP contribution in [0.2, 0.25) is 0 Å². The smallest absolute Gasteiger partial charge is 0.335 e. The molecular formula is C65H120O12. The molecule has 12 nitrogen and oxygen atoms in total. The van der Waals surface area contributed by atoms with Gasteiger partial charge in [-0.1, -0.05) is 283 Å². The predicted molar refractivity (Wildman–Crippen MR) is 313 cm³/mol. The molecular weight excluding hydrogens is 973 g/mol. The molecule has 1 heterocycles. The van der Waals surface area contributed by atoms with Crippen molar-refractivity contribution in [3.8, 4) is 0 Å². The Morgan fingerprint density at radius 3 is 1.14 bits per heavy atom. The van der Waals surface area contributed by atoms with Crippen molar-refractivity contribution in [2.24, 2.45) is 0 Å². The van der Waals surface area contributed by atoms with E-state index in [1.807, 2.05) is 0 Å². The van der Waals surface area contributed by atoms with E-state index in [-0.39, 0.29) is 25.9 Å². The van der Waals surface area contributed by atoms with Crippen LogP contribution < -0.4 is 0 Å². The van der Waals surface area contributed by atoms with Gasteiger partial charge in [0.2, 0.25) is 0 Å². The van der Waals surface area contributed by atoms with Crippen LogP contribution in [0.3, 0.4) is 0 Å². The zero-order valence-electron chi connectivity index (χ0n) is 50.0. The van der Waals surface area contributed by atoms with E-state index in [9.17, 15) is 34.5 Å². The first-order valence-electron chi connectivity index (χ1n) is 32.7. The van der Waals surface area contributed by atoms with Crippen molar-refractivity contribution in [3.05, 3.63) is 12.2 Å². The molecule has 0 radical (unpaired) electrons. The van der Waals surface area contributed by atoms with Gasteiger partial charge in [0, 0.05) is 19.3 Å². The molecule has 1 saturated heterocycles. The number of esters is 3. The molecule has 6 atom stereocenters. The van der Waals surface area contributed by atoms with Gasteiger partial charge in [0.25, 0.3) is 0 Å². The first-order chi connectivity index (χ1) is 37.6. The predicted octanol–water partition coefficient (Wildman–Crippen LogP) is 17.2. The van der Waals surface area contributed by atoms with Gasteiger partial charge in [-0.25, -0.2) is 4.79 Å². The lowest BCUT2D eigenvalue weighted by molar-refractivity contribution is -0.301. The maximum Gasteiger partial charge on any atom is 0.335 e. The maximum atomic E-state index is 13.2. The summed E-state index contributed by atoms with van der Waals surface area (Å²) >= 11 is 0. The van der Waals surface area contributed by atoms with Gasteiger partial charge in [-0.3, -0.25) is 14.4 Å². The Kier molecular flexibility index (Phi) is 50.9. The maximum absolute atomic E-state index is 13.2. The van der Waals surface area contributed by atoms with E-state index in [1.54, 1.807) is 0 Å². The zero-order valence-corrected chi connectivity index (χ0v) is 50.0. The van der Waals surface area contributed by atoms with E-state index in [0.717, 1.165) is 77.0 Å². The van der Waals surface area contributed by atoms with E-state index in [4.69, 9.17) is 23.7 Å². The third kappa shape index (κ3) is 43.9. The highest BCUT2D eigenvalue weighted by atomic mass is 16.7. The van der Waals surface area contributed by atoms with E-state index in [2.05, 4.69) is 32.9 Å². The summed E-state index contributed by atoms with van der Waals surface area (Å²) in [6.45, 7) is 6.01. The number of aliphatic carboxylic acids is 1. The van der Waals surface area contributed by atoms with Gasteiger partial charge < -0.3 is 39.0 Å². The molecule has 452 valence electrons. The minimum absolute atomic E-state index is 0.0560. The Bertz CT molecular complexity index is 1390. The van der Waals surface area contributed by atoms with Gasteiger partial charge in [-0.2, -0.15) is 0 Å². The topological polar surface area (TPSA) is 175 Å². The van der Waals surface area contributed by atoms with E-state index in [0.29, 0.717) is 19.3 Å². The molecule has 0 saturated carbocycles. The summed E-state index contributed by atoms with van der Waals surface area (Å²) in [4.78, 5) is 51.2. The van der Waals surface area contributed by atoms with Crippen LogP contribution in [0.4, 0.5) is 0 Å². The van der Waals surface area contributed by atoms with Crippen LogP contribution >= 0.6 is 0 Å². The van der Waals surface area contributed by atoms with Gasteiger partial charge in [-0.05, 0) is 38.5 Å². The monoisotopic (exact) mass is 1090 g/mol. The largest absolute Gasteiger partial charge is 0.479 e. The van der Waals surface area contributed by atoms with E-state index < -0.39 is 67.3 Å². The molecule has 0 aromatic heterocycles. The normalized spacial score (nSPS) is 18.0. The number of unbranched alkanes of at least 4 members (excludes halogenated alkanes) is 41. The van der Waals surface area contributed by atoms with Crippen molar-refractivity contribution in [2.45, 2.75) is 366 Å².